The summed E-state index contributed by atoms with van der Waals surface area (Å²) < 4.78 is 10.2. The first kappa shape index (κ1) is 32.9. The Labute approximate surface area is 229 Å². The standard InChI is InChI=1S/C29H45N3O5Si/c1-21(2)38(22(3)4,23(5)6)19-18-32(30-20-24-14-12-11-13-15-24)28(35)31-25(16-17-26(33)36-10)27(34)37-29(7,8)9/h11-15,20-23,25H,16-17H2,1-10H3,(H,31,35)/b30-20+/t25-/m0/s1. The summed E-state index contributed by atoms with van der Waals surface area (Å²) in [5.41, 5.74) is 4.58. The molecule has 0 fully saturated rings. The molecule has 0 heterocycles. The maximum Gasteiger partial charge on any atom is 0.350 e. The van der Waals surface area contributed by atoms with Crippen molar-refractivity contribution in [2.24, 2.45) is 5.10 Å². The average Bonchev–Trinajstić information content (AvgIpc) is 2.82. The van der Waals surface area contributed by atoms with Crippen molar-refractivity contribution in [3.05, 3.63) is 35.9 Å². The van der Waals surface area contributed by atoms with Gasteiger partial charge in [0.25, 0.3) is 0 Å². The van der Waals surface area contributed by atoms with Crippen LogP contribution in [0, 0.1) is 11.6 Å². The van der Waals surface area contributed by atoms with Crippen LogP contribution in [0.25, 0.3) is 0 Å². The lowest BCUT2D eigenvalue weighted by atomic mass is 10.1. The Morgan fingerprint density at radius 1 is 1.03 bits per heavy atom. The zero-order valence-electron chi connectivity index (χ0n) is 24.6. The molecule has 9 heteroatoms. The van der Waals surface area contributed by atoms with Gasteiger partial charge in [-0.05, 0) is 49.4 Å². The molecule has 1 aromatic carbocycles. The second kappa shape index (κ2) is 14.7. The molecule has 1 aromatic rings. The lowest BCUT2D eigenvalue weighted by Crippen LogP contribution is -2.48. The van der Waals surface area contributed by atoms with Crippen molar-refractivity contribution in [3.8, 4) is 11.6 Å². The second-order valence-corrected chi connectivity index (χ2v) is 16.8. The number of amides is 2. The van der Waals surface area contributed by atoms with Gasteiger partial charge in [-0.25, -0.2) is 9.59 Å². The molecule has 8 nitrogen and oxygen atoms in total. The fourth-order valence-corrected chi connectivity index (χ4v) is 9.74. The van der Waals surface area contributed by atoms with Crippen molar-refractivity contribution in [1.82, 2.24) is 10.3 Å². The zero-order chi connectivity index (χ0) is 29.1. The van der Waals surface area contributed by atoms with Crippen molar-refractivity contribution in [1.29, 1.82) is 0 Å². The summed E-state index contributed by atoms with van der Waals surface area (Å²) in [5.74, 6) is -1.14. The number of hydrogen-bond acceptors (Lipinski definition) is 6. The van der Waals surface area contributed by atoms with Gasteiger partial charge in [0, 0.05) is 12.5 Å². The summed E-state index contributed by atoms with van der Waals surface area (Å²) in [6.45, 7) is 18.3. The highest BCUT2D eigenvalue weighted by Gasteiger charge is 2.42. The zero-order valence-corrected chi connectivity index (χ0v) is 25.6. The lowest BCUT2D eigenvalue weighted by molar-refractivity contribution is -0.157. The number of hydrogen-bond donors (Lipinski definition) is 1. The SMILES string of the molecule is COC(=O)CC[C@H](NC(=O)N(C#C[Si](C(C)C)(C(C)C)C(C)C)/N=C/c1ccccc1)C(=O)OC(C)(C)C. The molecule has 0 radical (unpaired) electrons. The van der Waals surface area contributed by atoms with E-state index in [4.69, 9.17) is 9.47 Å². The molecule has 0 unspecified atom stereocenters. The first-order valence-electron chi connectivity index (χ1n) is 13.2. The highest BCUT2D eigenvalue weighted by atomic mass is 28.3. The summed E-state index contributed by atoms with van der Waals surface area (Å²) in [6, 6.07) is 10.6. The van der Waals surface area contributed by atoms with Crippen LogP contribution >= 0.6 is 0 Å². The van der Waals surface area contributed by atoms with Crippen molar-refractivity contribution in [3.63, 3.8) is 0 Å². The average molecular weight is 544 g/mol. The quantitative estimate of drug-likeness (QED) is 0.0993. The van der Waals surface area contributed by atoms with Gasteiger partial charge in [0.15, 0.2) is 0 Å². The number of methoxy groups -OCH3 is 1. The summed E-state index contributed by atoms with van der Waals surface area (Å²) in [5, 5.41) is 8.11. The summed E-state index contributed by atoms with van der Waals surface area (Å²) in [6.07, 6.45) is 1.50. The smallest absolute Gasteiger partial charge is 0.350 e. The van der Waals surface area contributed by atoms with E-state index in [-0.39, 0.29) is 12.8 Å². The monoisotopic (exact) mass is 543 g/mol. The molecule has 0 bridgehead atoms. The molecule has 0 spiro atoms. The molecule has 0 aromatic heterocycles. The van der Waals surface area contributed by atoms with E-state index in [9.17, 15) is 14.4 Å². The van der Waals surface area contributed by atoms with E-state index in [0.717, 1.165) is 10.6 Å². The Bertz CT molecular complexity index is 998. The summed E-state index contributed by atoms with van der Waals surface area (Å²) in [7, 11) is -0.911. The van der Waals surface area contributed by atoms with E-state index in [1.54, 1.807) is 27.0 Å². The normalized spacial score (nSPS) is 12.8. The van der Waals surface area contributed by atoms with Crippen LogP contribution in [0.2, 0.25) is 16.6 Å². The summed E-state index contributed by atoms with van der Waals surface area (Å²) >= 11 is 0. The molecule has 0 aliphatic carbocycles. The third-order valence-corrected chi connectivity index (χ3v) is 12.7. The first-order chi connectivity index (χ1) is 17.6. The van der Waals surface area contributed by atoms with Crippen LogP contribution in [0.1, 0.15) is 80.7 Å². The molecule has 210 valence electrons. The Morgan fingerprint density at radius 2 is 1.58 bits per heavy atom. The minimum atomic E-state index is -2.18. The second-order valence-electron chi connectivity index (χ2n) is 11.3. The number of benzene rings is 1. The molecule has 0 saturated heterocycles. The third-order valence-electron chi connectivity index (χ3n) is 6.41. The number of nitrogens with one attached hydrogen (secondary N) is 1. The van der Waals surface area contributed by atoms with Crippen molar-refractivity contribution >= 4 is 32.3 Å². The van der Waals surface area contributed by atoms with E-state index >= 15 is 0 Å². The van der Waals surface area contributed by atoms with E-state index in [0.29, 0.717) is 16.6 Å². The van der Waals surface area contributed by atoms with E-state index in [1.165, 1.54) is 7.11 Å². The van der Waals surface area contributed by atoms with Gasteiger partial charge in [0.2, 0.25) is 0 Å². The maximum absolute atomic E-state index is 13.5. The molecule has 2 amide bonds. The molecule has 0 aliphatic rings. The van der Waals surface area contributed by atoms with Crippen LogP contribution in [0.4, 0.5) is 4.79 Å². The Balaban J connectivity index is 3.45. The minimum absolute atomic E-state index is 0.0136. The van der Waals surface area contributed by atoms with Crippen LogP contribution in [0.5, 0.6) is 0 Å². The van der Waals surface area contributed by atoms with Gasteiger partial charge < -0.3 is 14.8 Å². The predicted octanol–water partition coefficient (Wildman–Crippen LogP) is 5.87. The maximum atomic E-state index is 13.5. The molecule has 0 saturated carbocycles. The van der Waals surface area contributed by atoms with E-state index in [2.05, 4.69) is 63.5 Å². The molecule has 38 heavy (non-hydrogen) atoms. The summed E-state index contributed by atoms with van der Waals surface area (Å²) in [4.78, 5) is 38.2. The number of ether oxygens (including phenoxy) is 2. The highest BCUT2D eigenvalue weighted by Crippen LogP contribution is 2.40. The Kier molecular flexibility index (Phi) is 12.7. The van der Waals surface area contributed by atoms with Gasteiger partial charge in [-0.1, -0.05) is 71.9 Å². The fraction of sp³-hybridized carbons (Fsp3) is 0.586. The van der Waals surface area contributed by atoms with Crippen LogP contribution in [0.15, 0.2) is 35.4 Å². The van der Waals surface area contributed by atoms with Gasteiger partial charge in [-0.3, -0.25) is 4.79 Å². The fourth-order valence-electron chi connectivity index (χ4n) is 4.57. The Hall–Kier alpha value is -3.12. The van der Waals surface area contributed by atoms with Gasteiger partial charge in [0.1, 0.15) is 19.7 Å². The van der Waals surface area contributed by atoms with Gasteiger partial charge in [0.05, 0.1) is 13.3 Å². The molecular formula is C29H45N3O5Si. The molecule has 1 rings (SSSR count). The van der Waals surface area contributed by atoms with Crippen LogP contribution in [-0.4, -0.2) is 56.0 Å². The molecule has 1 N–H and O–H groups in total. The van der Waals surface area contributed by atoms with Crippen molar-refractivity contribution < 1.29 is 23.9 Å². The van der Waals surface area contributed by atoms with Crippen LogP contribution < -0.4 is 5.32 Å². The first-order valence-corrected chi connectivity index (χ1v) is 15.4. The highest BCUT2D eigenvalue weighted by molar-refractivity contribution is 6.90. The number of carbonyl (C=O) groups is 3. The lowest BCUT2D eigenvalue weighted by Gasteiger charge is -2.38. The van der Waals surface area contributed by atoms with Gasteiger partial charge >= 0.3 is 18.0 Å². The number of nitrogens with zero attached hydrogens (tertiary/aromatic N) is 2. The minimum Gasteiger partial charge on any atom is -0.469 e. The van der Waals surface area contributed by atoms with E-state index < -0.39 is 37.7 Å². The predicted molar refractivity (Wildman–Crippen MR) is 154 cm³/mol. The number of carbonyl (C=O) groups excluding carboxylic acids is 3. The molecule has 1 atom stereocenters. The van der Waals surface area contributed by atoms with Gasteiger partial charge in [-0.2, -0.15) is 5.10 Å². The largest absolute Gasteiger partial charge is 0.469 e. The van der Waals surface area contributed by atoms with Crippen molar-refractivity contribution in [2.45, 2.75) is 103 Å². The number of urea groups is 1. The topological polar surface area (TPSA) is 97.3 Å². The number of hydrazone groups is 1. The van der Waals surface area contributed by atoms with E-state index in [1.807, 2.05) is 30.3 Å². The third kappa shape index (κ3) is 9.97. The number of esters is 2. The number of rotatable bonds is 10. The molecular weight excluding hydrogens is 498 g/mol. The molecule has 0 aliphatic heterocycles. The van der Waals surface area contributed by atoms with Crippen LogP contribution in [0.3, 0.4) is 0 Å². The Morgan fingerprint density at radius 3 is 2.05 bits per heavy atom. The van der Waals surface area contributed by atoms with Gasteiger partial charge in [-0.15, -0.1) is 10.6 Å². The van der Waals surface area contributed by atoms with Crippen LogP contribution in [-0.2, 0) is 19.1 Å². The van der Waals surface area contributed by atoms with Crippen molar-refractivity contribution in [2.75, 3.05) is 7.11 Å².